The van der Waals surface area contributed by atoms with E-state index >= 15 is 0 Å². The molecule has 0 aliphatic carbocycles. The Kier molecular flexibility index (Phi) is 5.92. The van der Waals surface area contributed by atoms with Gasteiger partial charge in [-0.1, -0.05) is 54.6 Å². The van der Waals surface area contributed by atoms with E-state index in [0.29, 0.717) is 50.3 Å². The molecule has 3 aromatic carbocycles. The summed E-state index contributed by atoms with van der Waals surface area (Å²) in [6.07, 6.45) is 0.958. The summed E-state index contributed by atoms with van der Waals surface area (Å²) in [6, 6.07) is 23.0. The normalized spacial score (nSPS) is 16.7. The van der Waals surface area contributed by atoms with E-state index in [1.165, 1.54) is 12.1 Å². The number of rotatable bonds is 4. The Hall–Kier alpha value is -3.87. The lowest BCUT2D eigenvalue weighted by atomic mass is 9.93. The Morgan fingerprint density at radius 1 is 0.912 bits per heavy atom. The maximum absolute atomic E-state index is 13.5. The van der Waals surface area contributed by atoms with Crippen molar-refractivity contribution in [3.8, 4) is 5.75 Å². The zero-order valence-corrected chi connectivity index (χ0v) is 18.7. The predicted molar refractivity (Wildman–Crippen MR) is 126 cm³/mol. The van der Waals surface area contributed by atoms with Crippen LogP contribution in [0.15, 0.2) is 78.9 Å². The number of carbonyl (C=O) groups is 2. The topological polar surface area (TPSA) is 61.9 Å². The van der Waals surface area contributed by atoms with Gasteiger partial charge in [-0.05, 0) is 35.4 Å². The van der Waals surface area contributed by atoms with Crippen LogP contribution in [-0.2, 0) is 13.1 Å². The minimum absolute atomic E-state index is 0.117. The molecule has 1 spiro atoms. The third-order valence-electron chi connectivity index (χ3n) is 6.53. The molecule has 2 heterocycles. The van der Waals surface area contributed by atoms with E-state index in [0.717, 1.165) is 11.1 Å². The molecular formula is C27H26FN3O3. The van der Waals surface area contributed by atoms with E-state index in [2.05, 4.69) is 5.32 Å². The molecule has 7 heteroatoms. The van der Waals surface area contributed by atoms with Gasteiger partial charge in [0.25, 0.3) is 5.91 Å². The van der Waals surface area contributed by atoms with E-state index in [1.807, 2.05) is 48.5 Å². The first kappa shape index (κ1) is 21.9. The quantitative estimate of drug-likeness (QED) is 0.622. The van der Waals surface area contributed by atoms with Crippen molar-refractivity contribution in [2.45, 2.75) is 31.7 Å². The average molecular weight is 460 g/mol. The number of nitrogens with zero attached hydrogens (tertiary/aromatic N) is 2. The van der Waals surface area contributed by atoms with Gasteiger partial charge in [0.2, 0.25) is 0 Å². The van der Waals surface area contributed by atoms with Crippen molar-refractivity contribution in [2.24, 2.45) is 0 Å². The van der Waals surface area contributed by atoms with Gasteiger partial charge in [0.05, 0.1) is 5.56 Å². The number of halogens is 1. The Bertz CT molecular complexity index is 1180. The number of para-hydroxylation sites is 1. The number of benzene rings is 3. The molecule has 2 aliphatic rings. The Balaban J connectivity index is 1.33. The maximum Gasteiger partial charge on any atom is 0.317 e. The number of ether oxygens (including phenoxy) is 1. The molecule has 3 amide bonds. The summed E-state index contributed by atoms with van der Waals surface area (Å²) in [5.41, 5.74) is 1.50. The van der Waals surface area contributed by atoms with Crippen LogP contribution >= 0.6 is 0 Å². The summed E-state index contributed by atoms with van der Waals surface area (Å²) >= 11 is 0. The molecule has 0 saturated carbocycles. The molecule has 0 atom stereocenters. The molecule has 2 aliphatic heterocycles. The van der Waals surface area contributed by atoms with Crippen LogP contribution in [0.25, 0.3) is 0 Å². The highest BCUT2D eigenvalue weighted by molar-refractivity contribution is 5.98. The number of urea groups is 1. The van der Waals surface area contributed by atoms with Gasteiger partial charge >= 0.3 is 6.03 Å². The summed E-state index contributed by atoms with van der Waals surface area (Å²) < 4.78 is 19.9. The standard InChI is InChI=1S/C27H26FN3O3/c28-22-12-10-21(11-13-22)19-31-25(32)23-8-4-5-9-24(23)34-27(31)14-16-30(17-15-27)26(33)29-18-20-6-2-1-3-7-20/h1-13H,14-19H2,(H,29,33). The molecule has 6 nitrogen and oxygen atoms in total. The molecule has 1 fully saturated rings. The molecule has 0 aromatic heterocycles. The molecule has 1 N–H and O–H groups in total. The fourth-order valence-corrected chi connectivity index (χ4v) is 4.63. The largest absolute Gasteiger partial charge is 0.467 e. The summed E-state index contributed by atoms with van der Waals surface area (Å²) in [6.45, 7) is 1.67. The van der Waals surface area contributed by atoms with Crippen molar-refractivity contribution in [1.82, 2.24) is 15.1 Å². The molecule has 34 heavy (non-hydrogen) atoms. The average Bonchev–Trinajstić information content (AvgIpc) is 2.87. The van der Waals surface area contributed by atoms with E-state index in [4.69, 9.17) is 4.74 Å². The van der Waals surface area contributed by atoms with E-state index in [9.17, 15) is 14.0 Å². The first-order valence-corrected chi connectivity index (χ1v) is 11.5. The van der Waals surface area contributed by atoms with Crippen molar-refractivity contribution >= 4 is 11.9 Å². The molecule has 0 bridgehead atoms. The SMILES string of the molecule is O=C(NCc1ccccc1)N1CCC2(CC1)Oc1ccccc1C(=O)N2Cc1ccc(F)cc1. The Labute approximate surface area is 197 Å². The van der Waals surface area contributed by atoms with Crippen LogP contribution in [-0.4, -0.2) is 40.6 Å². The lowest BCUT2D eigenvalue weighted by Crippen LogP contribution is -2.63. The van der Waals surface area contributed by atoms with Crippen LogP contribution in [0.1, 0.15) is 34.3 Å². The van der Waals surface area contributed by atoms with Gasteiger partial charge < -0.3 is 15.0 Å². The molecule has 3 aromatic rings. The van der Waals surface area contributed by atoms with Crippen LogP contribution in [0.3, 0.4) is 0 Å². The van der Waals surface area contributed by atoms with Crippen LogP contribution in [0.2, 0.25) is 0 Å². The fraction of sp³-hybridized carbons (Fsp3) is 0.259. The third kappa shape index (κ3) is 4.33. The molecule has 174 valence electrons. The van der Waals surface area contributed by atoms with Gasteiger partial charge in [0, 0.05) is 39.0 Å². The predicted octanol–water partition coefficient (Wildman–Crippen LogP) is 4.56. The number of likely N-dealkylation sites (tertiary alicyclic amines) is 1. The van der Waals surface area contributed by atoms with Crippen LogP contribution in [0.4, 0.5) is 9.18 Å². The summed E-state index contributed by atoms with van der Waals surface area (Å²) in [7, 11) is 0. The fourth-order valence-electron chi connectivity index (χ4n) is 4.63. The number of carbonyl (C=O) groups excluding carboxylic acids is 2. The van der Waals surface area contributed by atoms with E-state index < -0.39 is 5.72 Å². The van der Waals surface area contributed by atoms with Gasteiger partial charge in [-0.15, -0.1) is 0 Å². The van der Waals surface area contributed by atoms with Crippen molar-refractivity contribution < 1.29 is 18.7 Å². The van der Waals surface area contributed by atoms with Gasteiger partial charge in [0.15, 0.2) is 5.72 Å². The van der Waals surface area contributed by atoms with E-state index in [-0.39, 0.29) is 17.8 Å². The number of hydrogen-bond donors (Lipinski definition) is 1. The smallest absolute Gasteiger partial charge is 0.317 e. The molecule has 5 rings (SSSR count). The van der Waals surface area contributed by atoms with Crippen LogP contribution in [0.5, 0.6) is 5.75 Å². The lowest BCUT2D eigenvalue weighted by molar-refractivity contribution is -0.109. The third-order valence-corrected chi connectivity index (χ3v) is 6.53. The highest BCUT2D eigenvalue weighted by atomic mass is 19.1. The molecule has 1 saturated heterocycles. The van der Waals surface area contributed by atoms with Crippen molar-refractivity contribution in [3.63, 3.8) is 0 Å². The minimum atomic E-state index is -0.865. The summed E-state index contributed by atoms with van der Waals surface area (Å²) in [5.74, 6) is 0.123. The van der Waals surface area contributed by atoms with Gasteiger partial charge in [-0.3, -0.25) is 9.69 Å². The van der Waals surface area contributed by atoms with Crippen molar-refractivity contribution in [3.05, 3.63) is 101 Å². The number of amides is 3. The summed E-state index contributed by atoms with van der Waals surface area (Å²) in [5, 5.41) is 2.97. The second-order valence-corrected chi connectivity index (χ2v) is 8.69. The Morgan fingerprint density at radius 2 is 1.59 bits per heavy atom. The number of nitrogens with one attached hydrogen (secondary N) is 1. The highest BCUT2D eigenvalue weighted by Gasteiger charge is 2.49. The van der Waals surface area contributed by atoms with Crippen molar-refractivity contribution in [2.75, 3.05) is 13.1 Å². The zero-order valence-electron chi connectivity index (χ0n) is 18.7. The second kappa shape index (κ2) is 9.17. The summed E-state index contributed by atoms with van der Waals surface area (Å²) in [4.78, 5) is 29.8. The first-order chi connectivity index (χ1) is 16.5. The van der Waals surface area contributed by atoms with Crippen LogP contribution < -0.4 is 10.1 Å². The molecule has 0 unspecified atom stereocenters. The maximum atomic E-state index is 13.5. The second-order valence-electron chi connectivity index (χ2n) is 8.69. The molecular weight excluding hydrogens is 433 g/mol. The van der Waals surface area contributed by atoms with Gasteiger partial charge in [-0.2, -0.15) is 0 Å². The number of piperidine rings is 1. The monoisotopic (exact) mass is 459 g/mol. The van der Waals surface area contributed by atoms with Gasteiger partial charge in [-0.25, -0.2) is 9.18 Å². The Morgan fingerprint density at radius 3 is 2.32 bits per heavy atom. The highest BCUT2D eigenvalue weighted by Crippen LogP contribution is 2.40. The molecule has 0 radical (unpaired) electrons. The zero-order chi connectivity index (χ0) is 23.5. The van der Waals surface area contributed by atoms with Gasteiger partial charge in [0.1, 0.15) is 11.6 Å². The van der Waals surface area contributed by atoms with Crippen LogP contribution in [0, 0.1) is 5.82 Å². The lowest BCUT2D eigenvalue weighted by Gasteiger charge is -2.50. The number of hydrogen-bond acceptors (Lipinski definition) is 3. The minimum Gasteiger partial charge on any atom is -0.467 e. The van der Waals surface area contributed by atoms with Crippen molar-refractivity contribution in [1.29, 1.82) is 0 Å². The first-order valence-electron chi connectivity index (χ1n) is 11.5. The van der Waals surface area contributed by atoms with E-state index in [1.54, 1.807) is 28.0 Å². The number of fused-ring (bicyclic) bond motifs is 1.